The van der Waals surface area contributed by atoms with Crippen LogP contribution in [0.5, 0.6) is 0 Å². The summed E-state index contributed by atoms with van der Waals surface area (Å²) in [6.45, 7) is 1.55. The first kappa shape index (κ1) is 11.7. The van der Waals surface area contributed by atoms with E-state index in [0.717, 1.165) is 29.6 Å². The number of anilines is 1. The molecule has 18 heavy (non-hydrogen) atoms. The number of hydrogen-bond donors (Lipinski definition) is 2. The quantitative estimate of drug-likeness (QED) is 0.906. The second kappa shape index (κ2) is 5.11. The fourth-order valence-electron chi connectivity index (χ4n) is 1.90. The molecule has 0 amide bonds. The number of aromatic amines is 1. The van der Waals surface area contributed by atoms with Gasteiger partial charge in [-0.25, -0.2) is 0 Å². The number of hydrogen-bond acceptors (Lipinski definition) is 5. The van der Waals surface area contributed by atoms with Crippen molar-refractivity contribution in [3.8, 4) is 11.6 Å². The molecular weight excluding hydrogens is 300 g/mol. The summed E-state index contributed by atoms with van der Waals surface area (Å²) < 4.78 is 12.0. The van der Waals surface area contributed by atoms with Crippen molar-refractivity contribution in [3.63, 3.8) is 0 Å². The Morgan fingerprint density at radius 3 is 3.17 bits per heavy atom. The third-order valence-corrected chi connectivity index (χ3v) is 3.27. The zero-order valence-electron chi connectivity index (χ0n) is 9.65. The van der Waals surface area contributed by atoms with E-state index in [1.807, 2.05) is 12.3 Å². The average Bonchev–Trinajstić information content (AvgIpc) is 3.07. The van der Waals surface area contributed by atoms with E-state index in [-0.39, 0.29) is 6.10 Å². The van der Waals surface area contributed by atoms with Crippen LogP contribution in [0, 0.1) is 0 Å². The number of ether oxygens (including phenoxy) is 1. The van der Waals surface area contributed by atoms with Crippen molar-refractivity contribution < 1.29 is 9.15 Å². The first-order chi connectivity index (χ1) is 8.81. The molecule has 3 heterocycles. The molecule has 0 bridgehead atoms. The number of nitrogens with zero attached hydrogens (tertiary/aromatic N) is 2. The van der Waals surface area contributed by atoms with Crippen molar-refractivity contribution >= 4 is 21.9 Å². The Labute approximate surface area is 112 Å². The molecule has 0 aliphatic carbocycles. The Bertz CT molecular complexity index is 519. The van der Waals surface area contributed by atoms with Gasteiger partial charge >= 0.3 is 6.01 Å². The van der Waals surface area contributed by atoms with Gasteiger partial charge in [-0.3, -0.25) is 0 Å². The van der Waals surface area contributed by atoms with Gasteiger partial charge in [0, 0.05) is 23.8 Å². The Balaban J connectivity index is 1.62. The Morgan fingerprint density at radius 2 is 2.44 bits per heavy atom. The van der Waals surface area contributed by atoms with Gasteiger partial charge in [-0.05, 0) is 34.8 Å². The van der Waals surface area contributed by atoms with Gasteiger partial charge in [0.15, 0.2) is 0 Å². The minimum atomic E-state index is 0.250. The molecule has 2 N–H and O–H groups in total. The van der Waals surface area contributed by atoms with Gasteiger partial charge in [0.2, 0.25) is 0 Å². The maximum atomic E-state index is 5.50. The van der Waals surface area contributed by atoms with Crippen LogP contribution in [-0.2, 0) is 4.74 Å². The summed E-state index contributed by atoms with van der Waals surface area (Å²) >= 11 is 3.36. The predicted molar refractivity (Wildman–Crippen MR) is 69.2 cm³/mol. The average molecular weight is 313 g/mol. The SMILES string of the molecule is Brc1c[nH]c(-c2nnc(NCC3CCCO3)o2)c1. The molecule has 1 atom stereocenters. The standard InChI is InChI=1S/C11H13BrN4O2/c12-7-4-9(13-5-7)10-15-16-11(18-10)14-6-8-2-1-3-17-8/h4-5,8,13H,1-3,6H2,(H,14,16). The molecule has 7 heteroatoms. The molecule has 1 unspecified atom stereocenters. The molecule has 1 aliphatic heterocycles. The lowest BCUT2D eigenvalue weighted by atomic mass is 10.2. The van der Waals surface area contributed by atoms with E-state index < -0.39 is 0 Å². The van der Waals surface area contributed by atoms with E-state index in [0.29, 0.717) is 18.5 Å². The van der Waals surface area contributed by atoms with Gasteiger partial charge in [-0.15, -0.1) is 5.10 Å². The fourth-order valence-corrected chi connectivity index (χ4v) is 2.24. The van der Waals surface area contributed by atoms with Gasteiger partial charge < -0.3 is 19.5 Å². The number of aromatic nitrogens is 3. The van der Waals surface area contributed by atoms with Gasteiger partial charge in [0.1, 0.15) is 5.69 Å². The molecular formula is C11H13BrN4O2. The van der Waals surface area contributed by atoms with Crippen LogP contribution in [-0.4, -0.2) is 34.4 Å². The van der Waals surface area contributed by atoms with Crippen molar-refractivity contribution in [1.82, 2.24) is 15.2 Å². The van der Waals surface area contributed by atoms with Crippen LogP contribution in [0.3, 0.4) is 0 Å². The molecule has 6 nitrogen and oxygen atoms in total. The molecule has 0 spiro atoms. The Kier molecular flexibility index (Phi) is 3.33. The topological polar surface area (TPSA) is 76.0 Å². The largest absolute Gasteiger partial charge is 0.402 e. The molecule has 0 aromatic carbocycles. The van der Waals surface area contributed by atoms with Gasteiger partial charge in [0.05, 0.1) is 6.10 Å². The minimum absolute atomic E-state index is 0.250. The molecule has 0 radical (unpaired) electrons. The minimum Gasteiger partial charge on any atom is -0.402 e. The van der Waals surface area contributed by atoms with Crippen molar-refractivity contribution in [2.24, 2.45) is 0 Å². The number of H-pyrrole nitrogens is 1. The summed E-state index contributed by atoms with van der Waals surface area (Å²) in [6, 6.07) is 2.31. The summed E-state index contributed by atoms with van der Waals surface area (Å²) in [5.74, 6) is 0.468. The fraction of sp³-hybridized carbons (Fsp3) is 0.455. The lowest BCUT2D eigenvalue weighted by Crippen LogP contribution is -2.18. The Morgan fingerprint density at radius 1 is 1.50 bits per heavy atom. The van der Waals surface area contributed by atoms with Crippen LogP contribution in [0.2, 0.25) is 0 Å². The lowest BCUT2D eigenvalue weighted by Gasteiger charge is -2.07. The zero-order chi connectivity index (χ0) is 12.4. The van der Waals surface area contributed by atoms with Gasteiger partial charge in [-0.1, -0.05) is 5.10 Å². The summed E-state index contributed by atoms with van der Waals surface area (Å²) in [5, 5.41) is 11.0. The summed E-state index contributed by atoms with van der Waals surface area (Å²) in [4.78, 5) is 3.04. The Hall–Kier alpha value is -1.34. The highest BCUT2D eigenvalue weighted by Gasteiger charge is 2.16. The van der Waals surface area contributed by atoms with E-state index in [4.69, 9.17) is 9.15 Å². The van der Waals surface area contributed by atoms with E-state index in [1.165, 1.54) is 0 Å². The summed E-state index contributed by atoms with van der Waals surface area (Å²) in [5.41, 5.74) is 0.791. The predicted octanol–water partition coefficient (Wildman–Crippen LogP) is 2.42. The molecule has 0 saturated carbocycles. The van der Waals surface area contributed by atoms with Crippen LogP contribution in [0.4, 0.5) is 6.01 Å². The van der Waals surface area contributed by atoms with Crippen molar-refractivity contribution in [3.05, 3.63) is 16.7 Å². The maximum Gasteiger partial charge on any atom is 0.315 e. The molecule has 2 aromatic heterocycles. The number of halogens is 1. The smallest absolute Gasteiger partial charge is 0.315 e. The molecule has 96 valence electrons. The first-order valence-electron chi connectivity index (χ1n) is 5.84. The van der Waals surface area contributed by atoms with Gasteiger partial charge in [-0.2, -0.15) is 0 Å². The van der Waals surface area contributed by atoms with Crippen molar-refractivity contribution in [2.75, 3.05) is 18.5 Å². The molecule has 2 aromatic rings. The summed E-state index contributed by atoms with van der Waals surface area (Å²) in [7, 11) is 0. The number of nitrogens with one attached hydrogen (secondary N) is 2. The van der Waals surface area contributed by atoms with Crippen molar-refractivity contribution in [2.45, 2.75) is 18.9 Å². The molecule has 3 rings (SSSR count). The maximum absolute atomic E-state index is 5.50. The van der Waals surface area contributed by atoms with Crippen LogP contribution in [0.15, 0.2) is 21.2 Å². The highest BCUT2D eigenvalue weighted by atomic mass is 79.9. The third-order valence-electron chi connectivity index (χ3n) is 2.81. The second-order valence-corrected chi connectivity index (χ2v) is 5.08. The van der Waals surface area contributed by atoms with Crippen LogP contribution in [0.25, 0.3) is 11.6 Å². The van der Waals surface area contributed by atoms with E-state index in [1.54, 1.807) is 0 Å². The third kappa shape index (κ3) is 2.56. The van der Waals surface area contributed by atoms with Crippen molar-refractivity contribution in [1.29, 1.82) is 0 Å². The molecule has 1 saturated heterocycles. The summed E-state index contributed by atoms with van der Waals surface area (Å²) in [6.07, 6.45) is 4.27. The van der Waals surface area contributed by atoms with Gasteiger partial charge in [0.25, 0.3) is 5.89 Å². The molecule has 1 aliphatic rings. The van der Waals surface area contributed by atoms with E-state index >= 15 is 0 Å². The van der Waals surface area contributed by atoms with Crippen LogP contribution in [0.1, 0.15) is 12.8 Å². The normalized spacial score (nSPS) is 19.3. The monoisotopic (exact) mass is 312 g/mol. The number of rotatable bonds is 4. The second-order valence-electron chi connectivity index (χ2n) is 4.16. The highest BCUT2D eigenvalue weighted by molar-refractivity contribution is 9.10. The lowest BCUT2D eigenvalue weighted by molar-refractivity contribution is 0.120. The van der Waals surface area contributed by atoms with E-state index in [2.05, 4.69) is 36.4 Å². The van der Waals surface area contributed by atoms with E-state index in [9.17, 15) is 0 Å². The molecule has 1 fully saturated rings. The first-order valence-corrected chi connectivity index (χ1v) is 6.64. The van der Waals surface area contributed by atoms with Crippen LogP contribution < -0.4 is 5.32 Å². The zero-order valence-corrected chi connectivity index (χ0v) is 11.2. The van der Waals surface area contributed by atoms with Crippen LogP contribution >= 0.6 is 15.9 Å². The highest BCUT2D eigenvalue weighted by Crippen LogP contribution is 2.22.